The van der Waals surface area contributed by atoms with Gasteiger partial charge in [0.1, 0.15) is 0 Å². The van der Waals surface area contributed by atoms with Gasteiger partial charge in [-0.05, 0) is 36.8 Å². The van der Waals surface area contributed by atoms with Gasteiger partial charge in [-0.1, -0.05) is 27.7 Å². The fourth-order valence-electron chi connectivity index (χ4n) is 1.30. The first-order chi connectivity index (χ1) is 6.19. The van der Waals surface area contributed by atoms with Crippen LogP contribution in [-0.2, 0) is 0 Å². The van der Waals surface area contributed by atoms with Gasteiger partial charge in [-0.2, -0.15) is 0 Å². The van der Waals surface area contributed by atoms with E-state index in [1.54, 1.807) is 9.75 Å². The first-order valence-electron chi connectivity index (χ1n) is 5.28. The molecule has 74 valence electrons. The molecule has 0 radical (unpaired) electrons. The van der Waals surface area contributed by atoms with E-state index in [1.807, 2.05) is 11.3 Å². The maximum absolute atomic E-state index is 2.31. The van der Waals surface area contributed by atoms with Crippen molar-refractivity contribution in [2.45, 2.75) is 52.4 Å². The van der Waals surface area contributed by atoms with E-state index in [-0.39, 0.29) is 0 Å². The molecule has 0 aliphatic carbocycles. The molecule has 0 bridgehead atoms. The highest BCUT2D eigenvalue weighted by atomic mass is 32.1. The first-order valence-corrected chi connectivity index (χ1v) is 6.10. The summed E-state index contributed by atoms with van der Waals surface area (Å²) < 4.78 is 0. The molecule has 1 heteroatoms. The highest BCUT2D eigenvalue weighted by Gasteiger charge is 2.09. The predicted octanol–water partition coefficient (Wildman–Crippen LogP) is 4.78. The Labute approximate surface area is 86.0 Å². The number of hydrogen-bond acceptors (Lipinski definition) is 1. The third kappa shape index (κ3) is 2.57. The van der Waals surface area contributed by atoms with Crippen molar-refractivity contribution in [3.05, 3.63) is 21.9 Å². The summed E-state index contributed by atoms with van der Waals surface area (Å²) in [5, 5.41) is 0. The van der Waals surface area contributed by atoms with Gasteiger partial charge < -0.3 is 0 Å². The van der Waals surface area contributed by atoms with Crippen LogP contribution < -0.4 is 0 Å². The normalized spacial score (nSPS) is 15.7. The van der Waals surface area contributed by atoms with Crippen LogP contribution in [0.2, 0.25) is 0 Å². The highest BCUT2D eigenvalue weighted by molar-refractivity contribution is 7.12. The van der Waals surface area contributed by atoms with Crippen molar-refractivity contribution in [1.29, 1.82) is 0 Å². The Morgan fingerprint density at radius 1 is 1.00 bits per heavy atom. The van der Waals surface area contributed by atoms with E-state index in [0.29, 0.717) is 0 Å². The Morgan fingerprint density at radius 3 is 1.69 bits per heavy atom. The van der Waals surface area contributed by atoms with Gasteiger partial charge in [0.25, 0.3) is 0 Å². The molecule has 0 aliphatic rings. The van der Waals surface area contributed by atoms with Gasteiger partial charge in [0.15, 0.2) is 0 Å². The maximum atomic E-state index is 2.31. The summed E-state index contributed by atoms with van der Waals surface area (Å²) in [4.78, 5) is 3.11. The van der Waals surface area contributed by atoms with E-state index in [4.69, 9.17) is 0 Å². The zero-order valence-electron chi connectivity index (χ0n) is 9.13. The molecule has 2 atom stereocenters. The molecule has 0 saturated heterocycles. The molecule has 0 N–H and O–H groups in total. The van der Waals surface area contributed by atoms with Crippen LogP contribution >= 0.6 is 11.3 Å². The van der Waals surface area contributed by atoms with E-state index in [9.17, 15) is 0 Å². The molecule has 1 aromatic rings. The monoisotopic (exact) mass is 196 g/mol. The van der Waals surface area contributed by atoms with E-state index >= 15 is 0 Å². The van der Waals surface area contributed by atoms with Crippen LogP contribution in [0.3, 0.4) is 0 Å². The van der Waals surface area contributed by atoms with Gasteiger partial charge in [0.2, 0.25) is 0 Å². The fraction of sp³-hybridized carbons (Fsp3) is 0.667. The minimum atomic E-state index is 0.739. The van der Waals surface area contributed by atoms with E-state index in [0.717, 1.165) is 11.8 Å². The molecule has 0 aliphatic heterocycles. The second-order valence-corrected chi connectivity index (χ2v) is 5.01. The van der Waals surface area contributed by atoms with Crippen LogP contribution in [0.5, 0.6) is 0 Å². The Balaban J connectivity index is 2.74. The quantitative estimate of drug-likeness (QED) is 0.650. The average molecular weight is 196 g/mol. The maximum Gasteiger partial charge on any atom is 0.00763 e. The zero-order chi connectivity index (χ0) is 9.84. The molecule has 0 aromatic carbocycles. The molecule has 0 amide bonds. The Hall–Kier alpha value is -0.300. The van der Waals surface area contributed by atoms with Gasteiger partial charge in [-0.3, -0.25) is 0 Å². The number of rotatable bonds is 4. The summed E-state index contributed by atoms with van der Waals surface area (Å²) in [6.07, 6.45) is 2.50. The summed E-state index contributed by atoms with van der Waals surface area (Å²) in [6, 6.07) is 4.61. The van der Waals surface area contributed by atoms with E-state index in [2.05, 4.69) is 39.8 Å². The molecular formula is C12H20S. The lowest BCUT2D eigenvalue weighted by atomic mass is 10.1. The van der Waals surface area contributed by atoms with Crippen LogP contribution in [0, 0.1) is 0 Å². The van der Waals surface area contributed by atoms with Crippen molar-refractivity contribution in [1.82, 2.24) is 0 Å². The highest BCUT2D eigenvalue weighted by Crippen LogP contribution is 2.31. The van der Waals surface area contributed by atoms with Gasteiger partial charge >= 0.3 is 0 Å². The molecule has 13 heavy (non-hydrogen) atoms. The minimum absolute atomic E-state index is 0.739. The van der Waals surface area contributed by atoms with E-state index in [1.165, 1.54) is 12.8 Å². The molecule has 0 spiro atoms. The van der Waals surface area contributed by atoms with Crippen LogP contribution in [0.1, 0.15) is 62.1 Å². The van der Waals surface area contributed by atoms with Crippen molar-refractivity contribution in [3.63, 3.8) is 0 Å². The van der Waals surface area contributed by atoms with Crippen molar-refractivity contribution in [3.8, 4) is 0 Å². The van der Waals surface area contributed by atoms with Crippen molar-refractivity contribution < 1.29 is 0 Å². The van der Waals surface area contributed by atoms with E-state index < -0.39 is 0 Å². The molecule has 1 aromatic heterocycles. The van der Waals surface area contributed by atoms with Gasteiger partial charge in [-0.15, -0.1) is 11.3 Å². The number of hydrogen-bond donors (Lipinski definition) is 0. The lowest BCUT2D eigenvalue weighted by Gasteiger charge is -2.06. The molecule has 0 nitrogen and oxygen atoms in total. The standard InChI is InChI=1S/C12H20S/c1-5-9(3)11-7-8-12(13-11)10(4)6-2/h7-10H,5-6H2,1-4H3. The minimum Gasteiger partial charge on any atom is -0.145 e. The largest absolute Gasteiger partial charge is 0.145 e. The third-order valence-electron chi connectivity index (χ3n) is 2.84. The molecule has 1 rings (SSSR count). The van der Waals surface area contributed by atoms with Crippen molar-refractivity contribution in [2.75, 3.05) is 0 Å². The smallest absolute Gasteiger partial charge is 0.00763 e. The van der Waals surface area contributed by atoms with Crippen LogP contribution in [0.25, 0.3) is 0 Å². The van der Waals surface area contributed by atoms with Crippen molar-refractivity contribution in [2.24, 2.45) is 0 Å². The van der Waals surface area contributed by atoms with Crippen LogP contribution in [0.4, 0.5) is 0 Å². The van der Waals surface area contributed by atoms with Crippen molar-refractivity contribution >= 4 is 11.3 Å². The van der Waals surface area contributed by atoms with Gasteiger partial charge in [0.05, 0.1) is 0 Å². The third-order valence-corrected chi connectivity index (χ3v) is 4.39. The summed E-state index contributed by atoms with van der Waals surface area (Å²) in [5.74, 6) is 1.48. The molecule has 0 fully saturated rings. The topological polar surface area (TPSA) is 0 Å². The molecule has 1 heterocycles. The summed E-state index contributed by atoms with van der Waals surface area (Å²) in [6.45, 7) is 9.14. The van der Waals surface area contributed by atoms with Gasteiger partial charge in [-0.25, -0.2) is 0 Å². The lowest BCUT2D eigenvalue weighted by Crippen LogP contribution is -1.86. The SMILES string of the molecule is CCC(C)c1ccc(C(C)CC)s1. The summed E-state index contributed by atoms with van der Waals surface area (Å²) in [7, 11) is 0. The first kappa shape index (κ1) is 10.8. The lowest BCUT2D eigenvalue weighted by molar-refractivity contribution is 0.746. The predicted molar refractivity (Wildman–Crippen MR) is 61.7 cm³/mol. The summed E-state index contributed by atoms with van der Waals surface area (Å²) >= 11 is 2.00. The second-order valence-electron chi connectivity index (χ2n) is 3.86. The van der Waals surface area contributed by atoms with Crippen LogP contribution in [0.15, 0.2) is 12.1 Å². The average Bonchev–Trinajstić information content (AvgIpc) is 2.64. The molecular weight excluding hydrogens is 176 g/mol. The Kier molecular flexibility index (Phi) is 3.98. The van der Waals surface area contributed by atoms with Gasteiger partial charge in [0, 0.05) is 9.75 Å². The van der Waals surface area contributed by atoms with Crippen LogP contribution in [-0.4, -0.2) is 0 Å². The fourth-order valence-corrected chi connectivity index (χ4v) is 2.58. The molecule has 2 unspecified atom stereocenters. The summed E-state index contributed by atoms with van der Waals surface area (Å²) in [5.41, 5.74) is 0. The number of thiophene rings is 1. The second kappa shape index (κ2) is 4.80. The Morgan fingerprint density at radius 2 is 1.38 bits per heavy atom. The molecule has 0 saturated carbocycles. The zero-order valence-corrected chi connectivity index (χ0v) is 9.95. The Bertz CT molecular complexity index is 225.